The van der Waals surface area contributed by atoms with E-state index in [2.05, 4.69) is 26.4 Å². The summed E-state index contributed by atoms with van der Waals surface area (Å²) >= 11 is 0. The Labute approximate surface area is 169 Å². The number of hydrogen-bond acceptors (Lipinski definition) is 5. The molecule has 2 saturated heterocycles. The van der Waals surface area contributed by atoms with Crippen LogP contribution in [-0.4, -0.2) is 46.3 Å². The van der Waals surface area contributed by atoms with Crippen LogP contribution >= 0.6 is 0 Å². The van der Waals surface area contributed by atoms with Gasteiger partial charge in [-0.2, -0.15) is 10.2 Å². The number of nitrogens with one attached hydrogen (secondary N) is 3. The van der Waals surface area contributed by atoms with Crippen molar-refractivity contribution in [3.63, 3.8) is 0 Å². The average Bonchev–Trinajstić information content (AvgIpc) is 3.15. The minimum absolute atomic E-state index is 0.00708. The smallest absolute Gasteiger partial charge is 0.317 e. The van der Waals surface area contributed by atoms with Crippen molar-refractivity contribution in [3.05, 3.63) is 59.7 Å². The Bertz CT molecular complexity index is 863. The van der Waals surface area contributed by atoms with Crippen LogP contribution in [0.3, 0.4) is 0 Å². The third-order valence-corrected chi connectivity index (χ3v) is 6.62. The van der Waals surface area contributed by atoms with E-state index >= 15 is 0 Å². The first-order chi connectivity index (χ1) is 14.2. The molecule has 0 bridgehead atoms. The number of urea groups is 1. The second-order valence-corrected chi connectivity index (χ2v) is 8.32. The van der Waals surface area contributed by atoms with E-state index in [9.17, 15) is 9.18 Å². The Kier molecular flexibility index (Phi) is 4.89. The van der Waals surface area contributed by atoms with Gasteiger partial charge in [0, 0.05) is 31.4 Å². The van der Waals surface area contributed by atoms with E-state index in [0.29, 0.717) is 24.4 Å². The van der Waals surface area contributed by atoms with Gasteiger partial charge in [0.2, 0.25) is 0 Å². The van der Waals surface area contributed by atoms with E-state index in [4.69, 9.17) is 0 Å². The van der Waals surface area contributed by atoms with E-state index in [1.807, 2.05) is 17.2 Å². The van der Waals surface area contributed by atoms with Gasteiger partial charge in [0.25, 0.3) is 0 Å². The quantitative estimate of drug-likeness (QED) is 0.734. The lowest BCUT2D eigenvalue weighted by Gasteiger charge is -2.45. The number of hydrazine groups is 1. The molecule has 1 aliphatic carbocycles. The molecule has 1 saturated carbocycles. The van der Waals surface area contributed by atoms with Crippen LogP contribution in [0.1, 0.15) is 30.0 Å². The van der Waals surface area contributed by atoms with Gasteiger partial charge in [-0.1, -0.05) is 12.1 Å². The molecule has 3 N–H and O–H groups in total. The first-order valence-corrected chi connectivity index (χ1v) is 10.2. The number of aromatic nitrogens is 2. The van der Waals surface area contributed by atoms with Crippen molar-refractivity contribution in [2.45, 2.75) is 37.4 Å². The maximum Gasteiger partial charge on any atom is 0.317 e. The number of benzene rings is 1. The highest BCUT2D eigenvalue weighted by atomic mass is 19.1. The zero-order valence-electron chi connectivity index (χ0n) is 16.1. The van der Waals surface area contributed by atoms with Crippen LogP contribution in [0.5, 0.6) is 0 Å². The zero-order chi connectivity index (χ0) is 19.8. The fraction of sp³-hybridized carbons (Fsp3) is 0.476. The van der Waals surface area contributed by atoms with Gasteiger partial charge in [-0.3, -0.25) is 5.43 Å². The molecule has 8 heteroatoms. The van der Waals surface area contributed by atoms with Crippen molar-refractivity contribution in [2.24, 2.45) is 11.8 Å². The van der Waals surface area contributed by atoms with Crippen LogP contribution in [0.4, 0.5) is 9.18 Å². The fourth-order valence-corrected chi connectivity index (χ4v) is 5.07. The molecule has 2 aliphatic heterocycles. The molecule has 5 rings (SSSR count). The Hall–Kier alpha value is -2.58. The molecule has 5 atom stereocenters. The molecular weight excluding hydrogens is 371 g/mol. The Balaban J connectivity index is 1.25. The summed E-state index contributed by atoms with van der Waals surface area (Å²) in [5.74, 6) is 0.636. The number of amides is 2. The SMILES string of the molecule is O=C1NC2CC3NNC(c4ccnnc4)C3CC2CN1CCc1ccc(F)cc1. The zero-order valence-corrected chi connectivity index (χ0v) is 16.1. The predicted octanol–water partition coefficient (Wildman–Crippen LogP) is 1.80. The van der Waals surface area contributed by atoms with Crippen molar-refractivity contribution in [1.29, 1.82) is 0 Å². The van der Waals surface area contributed by atoms with E-state index in [0.717, 1.165) is 36.9 Å². The van der Waals surface area contributed by atoms with E-state index < -0.39 is 0 Å². The summed E-state index contributed by atoms with van der Waals surface area (Å²) in [5, 5.41) is 11.1. The standard InChI is InChI=1S/C21H25FN6O/c22-16-3-1-13(2-4-16)6-8-28-12-15-9-17-19(10-18(15)25-21(28)29)26-27-20(17)14-5-7-23-24-11-14/h1-5,7,11,15,17-20,26-27H,6,8-10,12H2,(H,25,29). The van der Waals surface area contributed by atoms with Gasteiger partial charge in [0.15, 0.2) is 0 Å². The molecule has 152 valence electrons. The second-order valence-electron chi connectivity index (χ2n) is 8.32. The van der Waals surface area contributed by atoms with Crippen LogP contribution in [0.2, 0.25) is 0 Å². The van der Waals surface area contributed by atoms with Crippen LogP contribution in [0.25, 0.3) is 0 Å². The van der Waals surface area contributed by atoms with Gasteiger partial charge in [0.1, 0.15) is 5.82 Å². The number of hydrogen-bond donors (Lipinski definition) is 3. The number of carbonyl (C=O) groups is 1. The van der Waals surface area contributed by atoms with Crippen molar-refractivity contribution in [2.75, 3.05) is 13.1 Å². The molecule has 7 nitrogen and oxygen atoms in total. The van der Waals surface area contributed by atoms with Crippen molar-refractivity contribution in [3.8, 4) is 0 Å². The molecule has 2 amide bonds. The minimum atomic E-state index is -0.234. The van der Waals surface area contributed by atoms with Crippen LogP contribution in [0.15, 0.2) is 42.7 Å². The molecule has 5 unspecified atom stereocenters. The maximum absolute atomic E-state index is 13.1. The largest absolute Gasteiger partial charge is 0.335 e. The van der Waals surface area contributed by atoms with E-state index in [-0.39, 0.29) is 23.9 Å². The molecule has 1 aromatic heterocycles. The van der Waals surface area contributed by atoms with Gasteiger partial charge in [-0.05, 0) is 60.4 Å². The van der Waals surface area contributed by atoms with Crippen LogP contribution in [0, 0.1) is 17.7 Å². The van der Waals surface area contributed by atoms with Gasteiger partial charge in [-0.15, -0.1) is 0 Å². The molecule has 0 spiro atoms. The molecular formula is C21H25FN6O. The molecule has 3 aliphatic rings. The maximum atomic E-state index is 13.1. The predicted molar refractivity (Wildman–Crippen MR) is 105 cm³/mol. The van der Waals surface area contributed by atoms with Gasteiger partial charge >= 0.3 is 6.03 Å². The summed E-state index contributed by atoms with van der Waals surface area (Å²) in [5.41, 5.74) is 9.03. The van der Waals surface area contributed by atoms with Crippen LogP contribution < -0.4 is 16.2 Å². The molecule has 29 heavy (non-hydrogen) atoms. The molecule has 0 radical (unpaired) electrons. The second kappa shape index (κ2) is 7.68. The van der Waals surface area contributed by atoms with Crippen molar-refractivity contribution >= 4 is 6.03 Å². The van der Waals surface area contributed by atoms with E-state index in [1.54, 1.807) is 18.3 Å². The van der Waals surface area contributed by atoms with Gasteiger partial charge in [0.05, 0.1) is 12.2 Å². The molecule has 3 heterocycles. The number of halogens is 1. The lowest BCUT2D eigenvalue weighted by molar-refractivity contribution is 0.0995. The Morgan fingerprint density at radius 1 is 1.07 bits per heavy atom. The summed E-state index contributed by atoms with van der Waals surface area (Å²) in [6, 6.07) is 9.28. The lowest BCUT2D eigenvalue weighted by Crippen LogP contribution is -2.61. The summed E-state index contributed by atoms with van der Waals surface area (Å²) in [7, 11) is 0. The monoisotopic (exact) mass is 396 g/mol. The third-order valence-electron chi connectivity index (χ3n) is 6.62. The number of fused-ring (bicyclic) bond motifs is 2. The summed E-state index contributed by atoms with van der Waals surface area (Å²) in [4.78, 5) is 14.5. The molecule has 1 aromatic carbocycles. The van der Waals surface area contributed by atoms with Crippen molar-refractivity contribution in [1.82, 2.24) is 31.3 Å². The topological polar surface area (TPSA) is 82.2 Å². The first-order valence-electron chi connectivity index (χ1n) is 10.2. The number of carbonyl (C=O) groups excluding carboxylic acids is 1. The summed E-state index contributed by atoms with van der Waals surface area (Å²) in [6.45, 7) is 1.41. The van der Waals surface area contributed by atoms with Crippen LogP contribution in [-0.2, 0) is 6.42 Å². The molecule has 3 fully saturated rings. The first kappa shape index (κ1) is 18.4. The van der Waals surface area contributed by atoms with E-state index in [1.165, 1.54) is 12.1 Å². The van der Waals surface area contributed by atoms with Crippen molar-refractivity contribution < 1.29 is 9.18 Å². The fourth-order valence-electron chi connectivity index (χ4n) is 5.07. The Morgan fingerprint density at radius 2 is 1.93 bits per heavy atom. The highest BCUT2D eigenvalue weighted by Crippen LogP contribution is 2.41. The highest BCUT2D eigenvalue weighted by molar-refractivity contribution is 5.75. The van der Waals surface area contributed by atoms with Gasteiger partial charge < -0.3 is 10.2 Å². The average molecular weight is 396 g/mol. The molecule has 2 aromatic rings. The highest BCUT2D eigenvalue weighted by Gasteiger charge is 2.47. The number of nitrogens with zero attached hydrogens (tertiary/aromatic N) is 3. The van der Waals surface area contributed by atoms with Gasteiger partial charge in [-0.25, -0.2) is 14.6 Å². The summed E-state index contributed by atoms with van der Waals surface area (Å²) in [6.07, 6.45) is 6.25. The third kappa shape index (κ3) is 3.70. The Morgan fingerprint density at radius 3 is 2.72 bits per heavy atom. The minimum Gasteiger partial charge on any atom is -0.335 e. The number of rotatable bonds is 4. The summed E-state index contributed by atoms with van der Waals surface area (Å²) < 4.78 is 13.1. The lowest BCUT2D eigenvalue weighted by atomic mass is 9.71. The normalized spacial score (nSPS) is 31.1.